The Morgan fingerprint density at radius 2 is 2.11 bits per heavy atom. The maximum Gasteiger partial charge on any atom is 0.267 e. The van der Waals surface area contributed by atoms with E-state index in [-0.39, 0.29) is 13.3 Å². The number of hydrogen-bond donors (Lipinski definition) is 1. The van der Waals surface area contributed by atoms with Gasteiger partial charge in [0.25, 0.3) is 10.1 Å². The van der Waals surface area contributed by atoms with Gasteiger partial charge in [0.05, 0.1) is 22.6 Å². The van der Waals surface area contributed by atoms with Gasteiger partial charge >= 0.3 is 0 Å². The normalized spacial score (nSPS) is 12.1. The summed E-state index contributed by atoms with van der Waals surface area (Å²) >= 11 is 6.68. The van der Waals surface area contributed by atoms with Crippen molar-refractivity contribution in [1.29, 1.82) is 0 Å². The van der Waals surface area contributed by atoms with Crippen LogP contribution < -0.4 is 0 Å². The molecule has 5 nitrogen and oxygen atoms in total. The summed E-state index contributed by atoms with van der Waals surface area (Å²) in [5.41, 5.74) is 0.958. The standard InChI is InChI=1S/C10H11NO4S3/c12-18(13,14)6-5-15-7-11-8-3-1-2-4-9(8)17-10(11)16/h1-4H,5-7H2,(H,12,13,14). The van der Waals surface area contributed by atoms with Crippen molar-refractivity contribution in [2.24, 2.45) is 0 Å². The molecule has 1 heterocycles. The maximum atomic E-state index is 10.5. The highest BCUT2D eigenvalue weighted by molar-refractivity contribution is 7.85. The van der Waals surface area contributed by atoms with Crippen LogP contribution in [0.4, 0.5) is 0 Å². The third-order valence-electron chi connectivity index (χ3n) is 2.28. The summed E-state index contributed by atoms with van der Waals surface area (Å²) < 4.78 is 38.3. The van der Waals surface area contributed by atoms with Gasteiger partial charge in [-0.25, -0.2) is 0 Å². The zero-order chi connectivity index (χ0) is 13.2. The Balaban J connectivity index is 2.08. The van der Waals surface area contributed by atoms with Crippen LogP contribution >= 0.6 is 23.6 Å². The van der Waals surface area contributed by atoms with Crippen LogP contribution in [0.1, 0.15) is 0 Å². The number of benzene rings is 1. The number of hydrogen-bond acceptors (Lipinski definition) is 5. The lowest BCUT2D eigenvalue weighted by molar-refractivity contribution is 0.0910. The summed E-state index contributed by atoms with van der Waals surface area (Å²) in [6, 6.07) is 7.72. The molecule has 0 aliphatic carbocycles. The third kappa shape index (κ3) is 3.36. The van der Waals surface area contributed by atoms with Crippen LogP contribution in [0.5, 0.6) is 0 Å². The second kappa shape index (κ2) is 5.45. The molecule has 1 N–H and O–H groups in total. The first kappa shape index (κ1) is 13.6. The first-order chi connectivity index (χ1) is 8.47. The SMILES string of the molecule is O=S(=O)(O)CCOCn1c(=S)sc2ccccc21. The summed E-state index contributed by atoms with van der Waals surface area (Å²) in [6.45, 7) is 0.114. The van der Waals surface area contributed by atoms with Crippen molar-refractivity contribution in [1.82, 2.24) is 4.57 Å². The second-order valence-corrected chi connectivity index (χ2v) is 6.83. The molecule has 8 heteroatoms. The lowest BCUT2D eigenvalue weighted by Gasteiger charge is -2.05. The van der Waals surface area contributed by atoms with Crippen LogP contribution in [0.3, 0.4) is 0 Å². The van der Waals surface area contributed by atoms with Gasteiger partial charge in [-0.3, -0.25) is 9.12 Å². The molecule has 18 heavy (non-hydrogen) atoms. The fourth-order valence-corrected chi connectivity index (χ4v) is 3.08. The number of ether oxygens (including phenoxy) is 1. The molecule has 0 radical (unpaired) electrons. The molecule has 0 saturated heterocycles. The molecule has 2 rings (SSSR count). The minimum Gasteiger partial charge on any atom is -0.360 e. The van der Waals surface area contributed by atoms with E-state index in [0.29, 0.717) is 3.95 Å². The third-order valence-corrected chi connectivity index (χ3v) is 4.39. The highest BCUT2D eigenvalue weighted by Gasteiger charge is 2.06. The molecule has 0 fully saturated rings. The lowest BCUT2D eigenvalue weighted by atomic mass is 10.3. The summed E-state index contributed by atoms with van der Waals surface area (Å²) in [5.74, 6) is -0.414. The summed E-state index contributed by atoms with van der Waals surface area (Å²) in [5, 5.41) is 0. The van der Waals surface area contributed by atoms with Crippen LogP contribution in [-0.4, -0.2) is 29.9 Å². The molecule has 0 saturated carbocycles. The highest BCUT2D eigenvalue weighted by Crippen LogP contribution is 2.22. The predicted molar refractivity (Wildman–Crippen MR) is 73.0 cm³/mol. The minimum atomic E-state index is -3.98. The van der Waals surface area contributed by atoms with Gasteiger partial charge in [-0.05, 0) is 24.4 Å². The van der Waals surface area contributed by atoms with Crippen LogP contribution in [0, 0.1) is 3.95 Å². The first-order valence-electron chi connectivity index (χ1n) is 5.09. The largest absolute Gasteiger partial charge is 0.360 e. The van der Waals surface area contributed by atoms with Gasteiger partial charge in [-0.2, -0.15) is 8.42 Å². The van der Waals surface area contributed by atoms with E-state index in [9.17, 15) is 8.42 Å². The summed E-state index contributed by atoms with van der Waals surface area (Å²) in [6.07, 6.45) is 0. The van der Waals surface area contributed by atoms with E-state index in [2.05, 4.69) is 0 Å². The molecule has 2 aromatic rings. The summed E-state index contributed by atoms with van der Waals surface area (Å²) in [4.78, 5) is 0. The van der Waals surface area contributed by atoms with Crippen molar-refractivity contribution in [3.63, 3.8) is 0 Å². The van der Waals surface area contributed by atoms with Crippen molar-refractivity contribution >= 4 is 43.9 Å². The van der Waals surface area contributed by atoms with Gasteiger partial charge in [-0.1, -0.05) is 12.1 Å². The Morgan fingerprint density at radius 1 is 1.39 bits per heavy atom. The zero-order valence-corrected chi connectivity index (χ0v) is 11.7. The quantitative estimate of drug-likeness (QED) is 0.521. The number of para-hydroxylation sites is 1. The molecule has 0 aliphatic heterocycles. The molecule has 0 spiro atoms. The maximum absolute atomic E-state index is 10.5. The van der Waals surface area contributed by atoms with E-state index in [1.54, 1.807) is 4.57 Å². The molecule has 1 aromatic heterocycles. The van der Waals surface area contributed by atoms with Crippen molar-refractivity contribution in [2.75, 3.05) is 12.4 Å². The van der Waals surface area contributed by atoms with Crippen molar-refractivity contribution in [3.8, 4) is 0 Å². The number of aromatic nitrogens is 1. The van der Waals surface area contributed by atoms with Gasteiger partial charge in [0.15, 0.2) is 3.95 Å². The van der Waals surface area contributed by atoms with Gasteiger partial charge in [0.1, 0.15) is 6.73 Å². The average molecular weight is 305 g/mol. The second-order valence-electron chi connectivity index (χ2n) is 3.59. The Bertz CT molecular complexity index is 701. The lowest BCUT2D eigenvalue weighted by Crippen LogP contribution is -2.12. The Kier molecular flexibility index (Phi) is 4.13. The highest BCUT2D eigenvalue weighted by atomic mass is 32.2. The molecule has 0 atom stereocenters. The first-order valence-corrected chi connectivity index (χ1v) is 7.92. The Labute approximate surface area is 113 Å². The fraction of sp³-hybridized carbons (Fsp3) is 0.300. The molecule has 0 bridgehead atoms. The number of rotatable bonds is 5. The average Bonchev–Trinajstić information content (AvgIpc) is 2.59. The van der Waals surface area contributed by atoms with E-state index >= 15 is 0 Å². The monoisotopic (exact) mass is 305 g/mol. The van der Waals surface area contributed by atoms with E-state index in [0.717, 1.165) is 10.2 Å². The van der Waals surface area contributed by atoms with Crippen molar-refractivity contribution in [2.45, 2.75) is 6.73 Å². The molecule has 0 aliphatic rings. The number of fused-ring (bicyclic) bond motifs is 1. The molecular formula is C10H11NO4S3. The number of thiazole rings is 1. The molecule has 1 aromatic carbocycles. The van der Waals surface area contributed by atoms with Crippen molar-refractivity contribution < 1.29 is 17.7 Å². The molecule has 98 valence electrons. The Morgan fingerprint density at radius 3 is 2.83 bits per heavy atom. The molecule has 0 unspecified atom stereocenters. The zero-order valence-electron chi connectivity index (χ0n) is 9.27. The molecular weight excluding hydrogens is 294 g/mol. The van der Waals surface area contributed by atoms with Gasteiger partial charge in [0, 0.05) is 0 Å². The van der Waals surface area contributed by atoms with Crippen LogP contribution in [0.2, 0.25) is 0 Å². The van der Waals surface area contributed by atoms with E-state index in [1.165, 1.54) is 11.3 Å². The van der Waals surface area contributed by atoms with E-state index in [4.69, 9.17) is 21.5 Å². The van der Waals surface area contributed by atoms with Gasteiger partial charge in [0.2, 0.25) is 0 Å². The van der Waals surface area contributed by atoms with Gasteiger partial charge in [-0.15, -0.1) is 11.3 Å². The fourth-order valence-electron chi connectivity index (χ4n) is 1.46. The van der Waals surface area contributed by atoms with E-state index < -0.39 is 15.9 Å². The van der Waals surface area contributed by atoms with Crippen LogP contribution in [-0.2, 0) is 21.6 Å². The van der Waals surface area contributed by atoms with Crippen LogP contribution in [0.15, 0.2) is 24.3 Å². The van der Waals surface area contributed by atoms with Gasteiger partial charge < -0.3 is 4.74 Å². The van der Waals surface area contributed by atoms with Crippen LogP contribution in [0.25, 0.3) is 10.2 Å². The minimum absolute atomic E-state index is 0.0647. The molecule has 0 amide bonds. The number of nitrogens with zero attached hydrogens (tertiary/aromatic N) is 1. The smallest absolute Gasteiger partial charge is 0.267 e. The predicted octanol–water partition coefficient (Wildman–Crippen LogP) is 2.29. The van der Waals surface area contributed by atoms with E-state index in [1.807, 2.05) is 24.3 Å². The topological polar surface area (TPSA) is 68.5 Å². The Hall–Kier alpha value is -0.800. The van der Waals surface area contributed by atoms with Crippen molar-refractivity contribution in [3.05, 3.63) is 28.2 Å². The summed E-state index contributed by atoms with van der Waals surface area (Å²) in [7, 11) is -3.98.